The molecule has 1 amide bonds. The zero-order valence-corrected chi connectivity index (χ0v) is 17.4. The summed E-state index contributed by atoms with van der Waals surface area (Å²) in [6.07, 6.45) is 1.76. The summed E-state index contributed by atoms with van der Waals surface area (Å²) < 4.78 is 1.69. The Morgan fingerprint density at radius 1 is 1.07 bits per heavy atom. The summed E-state index contributed by atoms with van der Waals surface area (Å²) in [4.78, 5) is 17.2. The van der Waals surface area contributed by atoms with Gasteiger partial charge >= 0.3 is 0 Å². The molecule has 0 radical (unpaired) electrons. The molecule has 0 atom stereocenters. The number of nitrogens with one attached hydrogen (secondary N) is 1. The number of hydrogen-bond donors (Lipinski definition) is 1. The van der Waals surface area contributed by atoms with Gasteiger partial charge < -0.3 is 9.80 Å². The molecule has 30 heavy (non-hydrogen) atoms. The lowest BCUT2D eigenvalue weighted by molar-refractivity contribution is 0.0775. The van der Waals surface area contributed by atoms with Gasteiger partial charge in [-0.15, -0.1) is 5.10 Å². The van der Waals surface area contributed by atoms with Crippen molar-refractivity contribution in [3.63, 3.8) is 0 Å². The third kappa shape index (κ3) is 4.08. The van der Waals surface area contributed by atoms with Crippen molar-refractivity contribution < 1.29 is 4.79 Å². The van der Waals surface area contributed by atoms with E-state index in [2.05, 4.69) is 25.4 Å². The molecule has 0 fully saturated rings. The van der Waals surface area contributed by atoms with Crippen LogP contribution in [0.5, 0.6) is 0 Å². The van der Waals surface area contributed by atoms with Crippen molar-refractivity contribution in [1.29, 1.82) is 0 Å². The van der Waals surface area contributed by atoms with Crippen molar-refractivity contribution in [3.05, 3.63) is 66.0 Å². The molecule has 0 aliphatic rings. The number of amides is 1. The van der Waals surface area contributed by atoms with Crippen LogP contribution < -0.4 is 0 Å². The van der Waals surface area contributed by atoms with E-state index in [1.165, 1.54) is 0 Å². The van der Waals surface area contributed by atoms with Crippen LogP contribution in [-0.4, -0.2) is 75.1 Å². The van der Waals surface area contributed by atoms with Crippen LogP contribution in [0.4, 0.5) is 0 Å². The molecule has 2 aromatic carbocycles. The van der Waals surface area contributed by atoms with Crippen molar-refractivity contribution >= 4 is 16.8 Å². The monoisotopic (exact) mass is 403 g/mol. The molecule has 2 aromatic heterocycles. The third-order valence-corrected chi connectivity index (χ3v) is 5.06. The Hall–Kier alpha value is -3.52. The van der Waals surface area contributed by atoms with E-state index in [0.717, 1.165) is 28.6 Å². The normalized spacial score (nSPS) is 11.3. The van der Waals surface area contributed by atoms with Gasteiger partial charge in [0.05, 0.1) is 18.3 Å². The highest BCUT2D eigenvalue weighted by Gasteiger charge is 2.25. The van der Waals surface area contributed by atoms with Gasteiger partial charge in [-0.2, -0.15) is 5.10 Å². The minimum atomic E-state index is -0.0972. The van der Waals surface area contributed by atoms with Crippen molar-refractivity contribution in [2.45, 2.75) is 6.54 Å². The average Bonchev–Trinajstić information content (AvgIpc) is 3.38. The first-order valence-corrected chi connectivity index (χ1v) is 9.84. The maximum atomic E-state index is 13.4. The summed E-state index contributed by atoms with van der Waals surface area (Å²) in [7, 11) is 5.80. The fourth-order valence-electron chi connectivity index (χ4n) is 3.31. The molecule has 0 unspecified atom stereocenters. The maximum Gasteiger partial charge on any atom is 0.274 e. The molecular weight excluding hydrogens is 378 g/mol. The number of H-pyrrole nitrogens is 1. The Morgan fingerprint density at radius 3 is 2.63 bits per heavy atom. The van der Waals surface area contributed by atoms with Crippen LogP contribution in [0.1, 0.15) is 16.1 Å². The summed E-state index contributed by atoms with van der Waals surface area (Å²) in [6.45, 7) is 1.87. The number of rotatable bonds is 7. The molecule has 4 rings (SSSR count). The van der Waals surface area contributed by atoms with Crippen molar-refractivity contribution in [1.82, 2.24) is 35.0 Å². The van der Waals surface area contributed by atoms with E-state index in [1.54, 1.807) is 15.8 Å². The molecule has 1 N–H and O–H groups in total. The fourth-order valence-corrected chi connectivity index (χ4v) is 3.31. The first-order chi connectivity index (χ1) is 14.5. The predicted octanol–water partition coefficient (Wildman–Crippen LogP) is 2.50. The van der Waals surface area contributed by atoms with E-state index in [1.807, 2.05) is 69.7 Å². The smallest absolute Gasteiger partial charge is 0.274 e. The number of aromatic nitrogens is 5. The van der Waals surface area contributed by atoms with E-state index in [9.17, 15) is 4.79 Å². The van der Waals surface area contributed by atoms with Gasteiger partial charge in [0.2, 0.25) is 0 Å². The van der Waals surface area contributed by atoms with E-state index < -0.39 is 0 Å². The number of fused-ring (bicyclic) bond motifs is 1. The van der Waals surface area contributed by atoms with Gasteiger partial charge in [-0.25, -0.2) is 4.68 Å². The van der Waals surface area contributed by atoms with Crippen LogP contribution in [0.15, 0.2) is 54.7 Å². The van der Waals surface area contributed by atoms with Gasteiger partial charge in [0.1, 0.15) is 5.69 Å². The lowest BCUT2D eigenvalue weighted by Crippen LogP contribution is -2.35. The first-order valence-electron chi connectivity index (χ1n) is 9.84. The Labute approximate surface area is 175 Å². The summed E-state index contributed by atoms with van der Waals surface area (Å²) in [5.41, 5.74) is 3.90. The molecule has 2 heterocycles. The van der Waals surface area contributed by atoms with Crippen molar-refractivity contribution in [2.24, 2.45) is 0 Å². The predicted molar refractivity (Wildman–Crippen MR) is 116 cm³/mol. The first kappa shape index (κ1) is 19.8. The molecule has 0 saturated heterocycles. The minimum absolute atomic E-state index is 0.0972. The minimum Gasteiger partial charge on any atom is -0.339 e. The van der Waals surface area contributed by atoms with Crippen LogP contribution >= 0.6 is 0 Å². The molecule has 0 aliphatic carbocycles. The second-order valence-corrected chi connectivity index (χ2v) is 7.63. The lowest BCUT2D eigenvalue weighted by Gasteiger charge is -2.20. The molecule has 0 bridgehead atoms. The highest BCUT2D eigenvalue weighted by molar-refractivity contribution is 5.99. The standard InChI is InChI=1S/C22H25N7O/c1-27(2)11-12-28(3)22(30)21-20(17-9-10-19-18(13-17)14-23-24-19)25-26-29(21)15-16-7-5-4-6-8-16/h4-10,13-14H,11-12,15H2,1-3H3,(H,23,24). The zero-order valence-electron chi connectivity index (χ0n) is 17.4. The molecule has 0 spiro atoms. The van der Waals surface area contributed by atoms with E-state index >= 15 is 0 Å². The molecule has 0 saturated carbocycles. The highest BCUT2D eigenvalue weighted by Crippen LogP contribution is 2.26. The number of hydrogen-bond acceptors (Lipinski definition) is 5. The molecule has 8 nitrogen and oxygen atoms in total. The second kappa shape index (κ2) is 8.46. The Morgan fingerprint density at radius 2 is 1.87 bits per heavy atom. The van der Waals surface area contributed by atoms with Gasteiger partial charge in [0.25, 0.3) is 5.91 Å². The van der Waals surface area contributed by atoms with E-state index in [-0.39, 0.29) is 5.91 Å². The number of nitrogens with zero attached hydrogens (tertiary/aromatic N) is 6. The third-order valence-electron chi connectivity index (χ3n) is 5.06. The van der Waals surface area contributed by atoms with Gasteiger partial charge in [-0.05, 0) is 31.8 Å². The number of carbonyl (C=O) groups is 1. The Kier molecular flexibility index (Phi) is 5.58. The SMILES string of the molecule is CN(C)CCN(C)C(=O)c1c(-c2ccc3[nH]ncc3c2)nnn1Cc1ccccc1. The van der Waals surface area contributed by atoms with E-state index in [0.29, 0.717) is 24.5 Å². The van der Waals surface area contributed by atoms with Crippen LogP contribution in [0.25, 0.3) is 22.2 Å². The molecule has 154 valence electrons. The van der Waals surface area contributed by atoms with Crippen LogP contribution in [-0.2, 0) is 6.54 Å². The Bertz CT molecular complexity index is 1150. The van der Waals surface area contributed by atoms with Gasteiger partial charge in [0.15, 0.2) is 5.69 Å². The maximum absolute atomic E-state index is 13.4. The molecule has 8 heteroatoms. The average molecular weight is 403 g/mol. The van der Waals surface area contributed by atoms with Crippen molar-refractivity contribution in [2.75, 3.05) is 34.2 Å². The summed E-state index contributed by atoms with van der Waals surface area (Å²) in [6, 6.07) is 15.8. The van der Waals surface area contributed by atoms with E-state index in [4.69, 9.17) is 0 Å². The van der Waals surface area contributed by atoms with Crippen molar-refractivity contribution in [3.8, 4) is 11.3 Å². The largest absolute Gasteiger partial charge is 0.339 e. The summed E-state index contributed by atoms with van der Waals surface area (Å²) in [5, 5.41) is 16.7. The van der Waals surface area contributed by atoms with Crippen LogP contribution in [0, 0.1) is 0 Å². The summed E-state index contributed by atoms with van der Waals surface area (Å²) in [5.74, 6) is -0.0972. The van der Waals surface area contributed by atoms with Gasteiger partial charge in [0, 0.05) is 31.1 Å². The van der Waals surface area contributed by atoms with Crippen LogP contribution in [0.2, 0.25) is 0 Å². The fraction of sp³-hybridized carbons (Fsp3) is 0.273. The topological polar surface area (TPSA) is 82.9 Å². The van der Waals surface area contributed by atoms with Gasteiger partial charge in [-0.3, -0.25) is 9.89 Å². The van der Waals surface area contributed by atoms with Crippen LogP contribution in [0.3, 0.4) is 0 Å². The second-order valence-electron chi connectivity index (χ2n) is 7.63. The number of carbonyl (C=O) groups excluding carboxylic acids is 1. The molecule has 0 aliphatic heterocycles. The number of benzene rings is 2. The summed E-state index contributed by atoms with van der Waals surface area (Å²) >= 11 is 0. The number of likely N-dealkylation sites (N-methyl/N-ethyl adjacent to an activating group) is 2. The molecule has 4 aromatic rings. The Balaban J connectivity index is 1.74. The quantitative estimate of drug-likeness (QED) is 0.513. The molecular formula is C22H25N7O. The van der Waals surface area contributed by atoms with Gasteiger partial charge in [-0.1, -0.05) is 41.6 Å². The zero-order chi connectivity index (χ0) is 21.1. The lowest BCUT2D eigenvalue weighted by atomic mass is 10.1. The highest BCUT2D eigenvalue weighted by atomic mass is 16.2. The number of aromatic amines is 1.